The van der Waals surface area contributed by atoms with Crippen molar-refractivity contribution in [3.63, 3.8) is 0 Å². The molecule has 1 rings (SSSR count). The van der Waals surface area contributed by atoms with E-state index in [9.17, 15) is 15.0 Å². The Morgan fingerprint density at radius 3 is 2.75 bits per heavy atom. The molecule has 0 spiro atoms. The lowest BCUT2D eigenvalue weighted by Crippen LogP contribution is -2.20. The Kier molecular flexibility index (Phi) is 5.99. The summed E-state index contributed by atoms with van der Waals surface area (Å²) in [6.07, 6.45) is -2.23. The van der Waals surface area contributed by atoms with Gasteiger partial charge < -0.3 is 14.9 Å². The van der Waals surface area contributed by atoms with Crippen molar-refractivity contribution in [3.8, 4) is 5.75 Å². The zero-order chi connectivity index (χ0) is 15.1. The van der Waals surface area contributed by atoms with Gasteiger partial charge in [0.05, 0.1) is 13.2 Å². The van der Waals surface area contributed by atoms with Gasteiger partial charge in [0.15, 0.2) is 5.78 Å². The number of Topliss-reactive ketones (excluding diaryl/α,β-unsaturated/α-hetero) is 1. The first-order valence-electron chi connectivity index (χ1n) is 6.07. The summed E-state index contributed by atoms with van der Waals surface area (Å²) in [6.45, 7) is 1.49. The van der Waals surface area contributed by atoms with E-state index >= 15 is 0 Å². The van der Waals surface area contributed by atoms with Crippen LogP contribution in [0.4, 0.5) is 0 Å². The first kappa shape index (κ1) is 16.0. The Bertz CT molecular complexity index is 526. The number of carbonyl (C=O) groups is 1. The lowest BCUT2D eigenvalue weighted by Gasteiger charge is -2.20. The van der Waals surface area contributed by atoms with Gasteiger partial charge in [-0.3, -0.25) is 4.79 Å². The van der Waals surface area contributed by atoms with Crippen molar-refractivity contribution < 1.29 is 19.7 Å². The van der Waals surface area contributed by atoms with E-state index in [0.717, 1.165) is 0 Å². The molecular formula is C13H17N3O4. The number of hydrogen-bond acceptors (Lipinski definition) is 5. The highest BCUT2D eigenvalue weighted by molar-refractivity contribution is 5.94. The molecule has 20 heavy (non-hydrogen) atoms. The van der Waals surface area contributed by atoms with Crippen LogP contribution >= 0.6 is 0 Å². The van der Waals surface area contributed by atoms with E-state index in [1.165, 1.54) is 20.1 Å². The van der Waals surface area contributed by atoms with Gasteiger partial charge in [-0.25, -0.2) is 0 Å². The number of rotatable bonds is 7. The van der Waals surface area contributed by atoms with Crippen LogP contribution in [0, 0.1) is 0 Å². The van der Waals surface area contributed by atoms with Gasteiger partial charge in [0.25, 0.3) is 0 Å². The molecule has 2 unspecified atom stereocenters. The van der Waals surface area contributed by atoms with E-state index in [1.807, 2.05) is 0 Å². The van der Waals surface area contributed by atoms with Gasteiger partial charge in [-0.2, -0.15) is 0 Å². The maximum atomic E-state index is 11.4. The molecular weight excluding hydrogens is 262 g/mol. The molecule has 0 aliphatic heterocycles. The normalized spacial score (nSPS) is 13.2. The third kappa shape index (κ3) is 3.96. The predicted octanol–water partition coefficient (Wildman–Crippen LogP) is 1.99. The number of benzene rings is 1. The van der Waals surface area contributed by atoms with Crippen molar-refractivity contribution in [2.75, 3.05) is 13.7 Å². The van der Waals surface area contributed by atoms with Crippen LogP contribution in [-0.2, 0) is 0 Å². The van der Waals surface area contributed by atoms with Gasteiger partial charge in [-0.05, 0) is 37.1 Å². The minimum absolute atomic E-state index is 0.0729. The monoisotopic (exact) mass is 279 g/mol. The van der Waals surface area contributed by atoms with Crippen LogP contribution in [0.2, 0.25) is 0 Å². The molecule has 108 valence electrons. The summed E-state index contributed by atoms with van der Waals surface area (Å²) in [5.74, 6) is 0.231. The number of hydrogen-bond donors (Lipinski definition) is 2. The van der Waals surface area contributed by atoms with Crippen molar-refractivity contribution in [2.24, 2.45) is 5.11 Å². The topological polar surface area (TPSA) is 116 Å². The summed E-state index contributed by atoms with van der Waals surface area (Å²) in [5, 5.41) is 23.3. The van der Waals surface area contributed by atoms with Crippen LogP contribution < -0.4 is 4.74 Å². The maximum absolute atomic E-state index is 11.4. The molecule has 0 saturated heterocycles. The van der Waals surface area contributed by atoms with E-state index in [4.69, 9.17) is 10.3 Å². The summed E-state index contributed by atoms with van der Waals surface area (Å²) in [5.41, 5.74) is 8.92. The van der Waals surface area contributed by atoms with Gasteiger partial charge in [0, 0.05) is 22.6 Å². The molecule has 0 bridgehead atoms. The molecule has 7 heteroatoms. The second kappa shape index (κ2) is 7.49. The largest absolute Gasteiger partial charge is 0.496 e. The van der Waals surface area contributed by atoms with Gasteiger partial charge in [0.2, 0.25) is 0 Å². The lowest BCUT2D eigenvalue weighted by atomic mass is 9.98. The summed E-state index contributed by atoms with van der Waals surface area (Å²) >= 11 is 0. The Labute approximate surface area is 116 Å². The number of ether oxygens (including phenoxy) is 1. The van der Waals surface area contributed by atoms with E-state index in [2.05, 4.69) is 10.0 Å². The SMILES string of the molecule is COc1ccc(C(C)=O)cc1C(O)C(O)CCN=[N+]=[N-]. The molecule has 0 fully saturated rings. The summed E-state index contributed by atoms with van der Waals surface area (Å²) in [4.78, 5) is 13.9. The van der Waals surface area contributed by atoms with Crippen molar-refractivity contribution in [3.05, 3.63) is 39.8 Å². The quantitative estimate of drug-likeness (QED) is 0.343. The maximum Gasteiger partial charge on any atom is 0.159 e. The highest BCUT2D eigenvalue weighted by Gasteiger charge is 2.22. The molecule has 1 aromatic carbocycles. The number of ketones is 1. The molecule has 0 amide bonds. The number of carbonyl (C=O) groups excluding carboxylic acids is 1. The van der Waals surface area contributed by atoms with Gasteiger partial charge in [0.1, 0.15) is 11.9 Å². The van der Waals surface area contributed by atoms with Crippen LogP contribution in [0.1, 0.15) is 35.4 Å². The third-order valence-electron chi connectivity index (χ3n) is 2.91. The Balaban J connectivity index is 2.99. The van der Waals surface area contributed by atoms with Gasteiger partial charge in [-0.1, -0.05) is 5.11 Å². The van der Waals surface area contributed by atoms with Crippen molar-refractivity contribution in [2.45, 2.75) is 25.6 Å². The second-order valence-corrected chi connectivity index (χ2v) is 4.27. The smallest absolute Gasteiger partial charge is 0.159 e. The van der Waals surface area contributed by atoms with Crippen LogP contribution in [-0.4, -0.2) is 35.8 Å². The van der Waals surface area contributed by atoms with Gasteiger partial charge >= 0.3 is 0 Å². The number of aliphatic hydroxyl groups excluding tert-OH is 2. The fraction of sp³-hybridized carbons (Fsp3) is 0.462. The average molecular weight is 279 g/mol. The number of nitrogens with zero attached hydrogens (tertiary/aromatic N) is 3. The van der Waals surface area contributed by atoms with Crippen molar-refractivity contribution in [1.82, 2.24) is 0 Å². The molecule has 0 aromatic heterocycles. The van der Waals surface area contributed by atoms with Crippen LogP contribution in [0.15, 0.2) is 23.3 Å². The van der Waals surface area contributed by atoms with Crippen LogP contribution in [0.25, 0.3) is 10.4 Å². The summed E-state index contributed by atoms with van der Waals surface area (Å²) < 4.78 is 5.11. The molecule has 0 radical (unpaired) electrons. The Morgan fingerprint density at radius 1 is 1.50 bits per heavy atom. The number of azide groups is 1. The highest BCUT2D eigenvalue weighted by atomic mass is 16.5. The molecule has 7 nitrogen and oxygen atoms in total. The van der Waals surface area contributed by atoms with E-state index in [1.54, 1.807) is 12.1 Å². The molecule has 0 aliphatic rings. The first-order chi connectivity index (χ1) is 9.51. The standard InChI is InChI=1S/C13H17N3O4/c1-8(17)9-3-4-12(20-2)10(7-9)13(19)11(18)5-6-15-16-14/h3-4,7,11,13,18-19H,5-6H2,1-2H3. The molecule has 2 N–H and O–H groups in total. The zero-order valence-corrected chi connectivity index (χ0v) is 11.4. The minimum atomic E-state index is -1.22. The lowest BCUT2D eigenvalue weighted by molar-refractivity contribution is 0.0137. The predicted molar refractivity (Wildman–Crippen MR) is 72.6 cm³/mol. The highest BCUT2D eigenvalue weighted by Crippen LogP contribution is 2.29. The minimum Gasteiger partial charge on any atom is -0.496 e. The number of aliphatic hydroxyl groups is 2. The summed E-state index contributed by atoms with van der Waals surface area (Å²) in [7, 11) is 1.44. The number of methoxy groups -OCH3 is 1. The van der Waals surface area contributed by atoms with Crippen LogP contribution in [0.5, 0.6) is 5.75 Å². The molecule has 0 heterocycles. The van der Waals surface area contributed by atoms with Crippen molar-refractivity contribution in [1.29, 1.82) is 0 Å². The Morgan fingerprint density at radius 2 is 2.20 bits per heavy atom. The second-order valence-electron chi connectivity index (χ2n) is 4.27. The van der Waals surface area contributed by atoms with Crippen molar-refractivity contribution >= 4 is 5.78 Å². The first-order valence-corrected chi connectivity index (χ1v) is 6.07. The van der Waals surface area contributed by atoms with E-state index < -0.39 is 12.2 Å². The Hall–Kier alpha value is -2.08. The van der Waals surface area contributed by atoms with Gasteiger partial charge in [-0.15, -0.1) is 0 Å². The van der Waals surface area contributed by atoms with E-state index in [0.29, 0.717) is 16.9 Å². The fourth-order valence-electron chi connectivity index (χ4n) is 1.78. The molecule has 2 atom stereocenters. The zero-order valence-electron chi connectivity index (χ0n) is 11.4. The molecule has 1 aromatic rings. The molecule has 0 aliphatic carbocycles. The molecule has 0 saturated carbocycles. The third-order valence-corrected chi connectivity index (χ3v) is 2.91. The summed E-state index contributed by atoms with van der Waals surface area (Å²) in [6, 6.07) is 4.64. The average Bonchev–Trinajstić information content (AvgIpc) is 2.45. The van der Waals surface area contributed by atoms with Crippen LogP contribution in [0.3, 0.4) is 0 Å². The van der Waals surface area contributed by atoms with E-state index in [-0.39, 0.29) is 18.7 Å². The fourth-order valence-corrected chi connectivity index (χ4v) is 1.78.